The van der Waals surface area contributed by atoms with Crippen LogP contribution in [0.3, 0.4) is 0 Å². The van der Waals surface area contributed by atoms with Gasteiger partial charge in [0.25, 0.3) is 5.82 Å². The third-order valence-corrected chi connectivity index (χ3v) is 4.75. The van der Waals surface area contributed by atoms with Gasteiger partial charge in [0.05, 0.1) is 19.2 Å². The lowest BCUT2D eigenvalue weighted by atomic mass is 10.0. The first-order valence-corrected chi connectivity index (χ1v) is 9.05. The van der Waals surface area contributed by atoms with E-state index in [0.29, 0.717) is 0 Å². The number of rotatable bonds is 5. The van der Waals surface area contributed by atoms with Crippen LogP contribution in [0.15, 0.2) is 72.8 Å². The van der Waals surface area contributed by atoms with E-state index in [4.69, 9.17) is 4.74 Å². The van der Waals surface area contributed by atoms with Crippen molar-refractivity contribution in [3.63, 3.8) is 0 Å². The summed E-state index contributed by atoms with van der Waals surface area (Å²) in [6.07, 6.45) is 1.10. The number of benzene rings is 3. The molecule has 0 aliphatic carbocycles. The molecule has 0 radical (unpaired) electrons. The van der Waals surface area contributed by atoms with E-state index in [1.807, 2.05) is 12.1 Å². The van der Waals surface area contributed by atoms with Gasteiger partial charge in [0.1, 0.15) is 5.75 Å². The Bertz CT molecular complexity index is 1010. The van der Waals surface area contributed by atoms with Crippen LogP contribution in [0.4, 0.5) is 0 Å². The van der Waals surface area contributed by atoms with Gasteiger partial charge in [-0.3, -0.25) is 0 Å². The zero-order valence-electron chi connectivity index (χ0n) is 15.2. The average Bonchev–Trinajstić information content (AvgIpc) is 3.07. The van der Waals surface area contributed by atoms with E-state index in [2.05, 4.69) is 77.1 Å². The Kier molecular flexibility index (Phi) is 4.44. The van der Waals surface area contributed by atoms with Gasteiger partial charge in [-0.15, -0.1) is 0 Å². The van der Waals surface area contributed by atoms with Crippen molar-refractivity contribution in [2.24, 2.45) is 0 Å². The molecule has 0 saturated heterocycles. The summed E-state index contributed by atoms with van der Waals surface area (Å²) >= 11 is 0. The first kappa shape index (κ1) is 16.4. The number of imidazole rings is 1. The number of hydrogen-bond acceptors (Lipinski definition) is 1. The summed E-state index contributed by atoms with van der Waals surface area (Å²) in [5, 5.41) is 0. The van der Waals surface area contributed by atoms with Crippen molar-refractivity contribution in [1.82, 2.24) is 4.98 Å². The molecule has 26 heavy (non-hydrogen) atoms. The third kappa shape index (κ3) is 2.97. The van der Waals surface area contributed by atoms with Crippen LogP contribution < -0.4 is 9.30 Å². The summed E-state index contributed by atoms with van der Waals surface area (Å²) in [6.45, 7) is 3.21. The fraction of sp³-hybridized carbons (Fsp3) is 0.174. The van der Waals surface area contributed by atoms with E-state index in [1.54, 1.807) is 7.11 Å². The molecular formula is C23H23N2O+. The molecule has 0 atom stereocenters. The minimum Gasteiger partial charge on any atom is -0.497 e. The van der Waals surface area contributed by atoms with E-state index >= 15 is 0 Å². The normalized spacial score (nSPS) is 11.0. The van der Waals surface area contributed by atoms with E-state index < -0.39 is 0 Å². The Balaban J connectivity index is 1.72. The summed E-state index contributed by atoms with van der Waals surface area (Å²) in [4.78, 5) is 3.59. The summed E-state index contributed by atoms with van der Waals surface area (Å²) in [6, 6.07) is 25.4. The summed E-state index contributed by atoms with van der Waals surface area (Å²) in [7, 11) is 1.69. The number of nitrogens with zero attached hydrogens (tertiary/aromatic N) is 1. The maximum Gasteiger partial charge on any atom is 0.287 e. The highest BCUT2D eigenvalue weighted by Crippen LogP contribution is 2.26. The molecule has 3 nitrogen and oxygen atoms in total. The number of para-hydroxylation sites is 2. The number of H-pyrrole nitrogens is 1. The Labute approximate surface area is 153 Å². The van der Waals surface area contributed by atoms with Crippen LogP contribution in [0.25, 0.3) is 33.5 Å². The number of aryl methyl sites for hydroxylation is 1. The predicted octanol–water partition coefficient (Wildman–Crippen LogP) is 5.21. The largest absolute Gasteiger partial charge is 0.497 e. The molecule has 0 bridgehead atoms. The summed E-state index contributed by atoms with van der Waals surface area (Å²) in [5.41, 5.74) is 6.02. The van der Waals surface area contributed by atoms with Crippen molar-refractivity contribution in [3.8, 4) is 28.3 Å². The fourth-order valence-electron chi connectivity index (χ4n) is 3.42. The van der Waals surface area contributed by atoms with E-state index in [1.165, 1.54) is 27.7 Å². The third-order valence-electron chi connectivity index (χ3n) is 4.75. The highest BCUT2D eigenvalue weighted by Gasteiger charge is 2.19. The maximum atomic E-state index is 5.24. The van der Waals surface area contributed by atoms with Crippen LogP contribution >= 0.6 is 0 Å². The highest BCUT2D eigenvalue weighted by molar-refractivity contribution is 5.75. The van der Waals surface area contributed by atoms with Crippen LogP contribution in [0.2, 0.25) is 0 Å². The van der Waals surface area contributed by atoms with Gasteiger partial charge in [-0.05, 0) is 53.9 Å². The van der Waals surface area contributed by atoms with E-state index in [-0.39, 0.29) is 0 Å². The quantitative estimate of drug-likeness (QED) is 0.495. The van der Waals surface area contributed by atoms with Gasteiger partial charge in [0.15, 0.2) is 11.0 Å². The van der Waals surface area contributed by atoms with Crippen molar-refractivity contribution in [3.05, 3.63) is 72.8 Å². The Morgan fingerprint density at radius 3 is 2.08 bits per heavy atom. The van der Waals surface area contributed by atoms with Gasteiger partial charge in [0.2, 0.25) is 0 Å². The zero-order valence-corrected chi connectivity index (χ0v) is 15.2. The molecule has 0 aliphatic heterocycles. The van der Waals surface area contributed by atoms with Crippen molar-refractivity contribution >= 4 is 11.0 Å². The topological polar surface area (TPSA) is 28.9 Å². The molecule has 0 amide bonds. The van der Waals surface area contributed by atoms with Crippen LogP contribution in [0.1, 0.15) is 13.3 Å². The number of aromatic nitrogens is 2. The van der Waals surface area contributed by atoms with Gasteiger partial charge in [-0.25, -0.2) is 9.55 Å². The minimum atomic E-state index is 0.879. The molecule has 0 spiro atoms. The van der Waals surface area contributed by atoms with Crippen molar-refractivity contribution in [2.75, 3.05) is 7.11 Å². The lowest BCUT2D eigenvalue weighted by molar-refractivity contribution is -0.660. The summed E-state index contributed by atoms with van der Waals surface area (Å²) < 4.78 is 7.61. The number of nitrogens with one attached hydrogen (secondary N) is 1. The smallest absolute Gasteiger partial charge is 0.287 e. The first-order chi connectivity index (χ1) is 12.8. The number of aromatic amines is 1. The highest BCUT2D eigenvalue weighted by atomic mass is 16.5. The fourth-order valence-corrected chi connectivity index (χ4v) is 3.42. The lowest BCUT2D eigenvalue weighted by Gasteiger charge is -2.05. The lowest BCUT2D eigenvalue weighted by Crippen LogP contribution is -2.34. The standard InChI is InChI=1S/C23H22N2O/c1-3-16-25-22-7-5-4-6-21(22)24-23(25)19-10-8-17(9-11-19)18-12-14-20(26-2)15-13-18/h4-15H,3,16H2,1-2H3/p+1. The Morgan fingerprint density at radius 1 is 0.808 bits per heavy atom. The average molecular weight is 343 g/mol. The molecule has 0 unspecified atom stereocenters. The Morgan fingerprint density at radius 2 is 1.42 bits per heavy atom. The summed E-state index contributed by atoms with van der Waals surface area (Å²) in [5.74, 6) is 2.04. The number of fused-ring (bicyclic) bond motifs is 1. The van der Waals surface area contributed by atoms with Gasteiger partial charge in [0, 0.05) is 0 Å². The number of hydrogen-bond donors (Lipinski definition) is 1. The molecule has 1 aromatic heterocycles. The van der Waals surface area contributed by atoms with Gasteiger partial charge < -0.3 is 4.74 Å². The minimum absolute atomic E-state index is 0.879. The van der Waals surface area contributed by atoms with Gasteiger partial charge in [-0.1, -0.05) is 43.3 Å². The first-order valence-electron chi connectivity index (χ1n) is 9.05. The molecule has 1 heterocycles. The van der Waals surface area contributed by atoms with Crippen molar-refractivity contribution in [2.45, 2.75) is 19.9 Å². The van der Waals surface area contributed by atoms with Crippen LogP contribution in [0.5, 0.6) is 5.75 Å². The zero-order chi connectivity index (χ0) is 17.9. The molecule has 1 N–H and O–H groups in total. The maximum absolute atomic E-state index is 5.24. The number of methoxy groups -OCH3 is 1. The molecule has 0 saturated carbocycles. The molecular weight excluding hydrogens is 320 g/mol. The van der Waals surface area contributed by atoms with Gasteiger partial charge in [-0.2, -0.15) is 0 Å². The number of ether oxygens (including phenoxy) is 1. The monoisotopic (exact) mass is 343 g/mol. The molecule has 0 aliphatic rings. The Hall–Kier alpha value is -3.07. The molecule has 3 aromatic carbocycles. The molecule has 130 valence electrons. The van der Waals surface area contributed by atoms with E-state index in [0.717, 1.165) is 24.5 Å². The van der Waals surface area contributed by atoms with Crippen molar-refractivity contribution in [1.29, 1.82) is 0 Å². The van der Waals surface area contributed by atoms with Gasteiger partial charge >= 0.3 is 0 Å². The molecule has 4 aromatic rings. The molecule has 0 fully saturated rings. The second-order valence-corrected chi connectivity index (χ2v) is 6.45. The van der Waals surface area contributed by atoms with Crippen LogP contribution in [0, 0.1) is 0 Å². The SMILES string of the molecule is CCC[n+]1c(-c2ccc(-c3ccc(OC)cc3)cc2)[nH]c2ccccc21. The second-order valence-electron chi connectivity index (χ2n) is 6.45. The molecule has 4 rings (SSSR count). The van der Waals surface area contributed by atoms with E-state index in [9.17, 15) is 0 Å². The predicted molar refractivity (Wildman–Crippen MR) is 106 cm³/mol. The van der Waals surface area contributed by atoms with Crippen molar-refractivity contribution < 1.29 is 9.30 Å². The second kappa shape index (κ2) is 7.04. The van der Waals surface area contributed by atoms with Crippen LogP contribution in [-0.4, -0.2) is 12.1 Å². The van der Waals surface area contributed by atoms with Crippen LogP contribution in [-0.2, 0) is 6.54 Å². The molecule has 3 heteroatoms.